The molecular weight excluding hydrogens is 1150 g/mol. The number of phosphoric ester groups is 2. The maximum Gasteiger partial charge on any atom is 0.472 e. The van der Waals surface area contributed by atoms with Gasteiger partial charge in [-0.15, -0.1) is 0 Å². The summed E-state index contributed by atoms with van der Waals surface area (Å²) >= 11 is 0. The lowest BCUT2D eigenvalue weighted by Crippen LogP contribution is -2.30. The summed E-state index contributed by atoms with van der Waals surface area (Å²) in [5.41, 5.74) is 0. The summed E-state index contributed by atoms with van der Waals surface area (Å²) in [6.45, 7) is 9.48. The van der Waals surface area contributed by atoms with Crippen LogP contribution >= 0.6 is 15.6 Å². The van der Waals surface area contributed by atoms with Gasteiger partial charge in [-0.1, -0.05) is 292 Å². The van der Waals surface area contributed by atoms with E-state index < -0.39 is 97.5 Å². The van der Waals surface area contributed by atoms with Crippen molar-refractivity contribution >= 4 is 39.5 Å². The first-order valence-electron chi connectivity index (χ1n) is 35.5. The van der Waals surface area contributed by atoms with Crippen LogP contribution in [0.25, 0.3) is 0 Å². The van der Waals surface area contributed by atoms with E-state index in [0.29, 0.717) is 25.7 Å². The second kappa shape index (κ2) is 60.3. The minimum Gasteiger partial charge on any atom is -0.462 e. The van der Waals surface area contributed by atoms with Crippen molar-refractivity contribution in [1.29, 1.82) is 0 Å². The molecule has 17 nitrogen and oxygen atoms in total. The van der Waals surface area contributed by atoms with Crippen LogP contribution in [0.1, 0.15) is 343 Å². The molecule has 0 rings (SSSR count). The number of rotatable bonds is 67. The summed E-state index contributed by atoms with van der Waals surface area (Å²) in [4.78, 5) is 72.4. The highest BCUT2D eigenvalue weighted by atomic mass is 31.2. The molecule has 0 saturated carbocycles. The molecule has 0 saturated heterocycles. The maximum absolute atomic E-state index is 13.0. The summed E-state index contributed by atoms with van der Waals surface area (Å²) in [6, 6.07) is 0. The zero-order valence-corrected chi connectivity index (χ0v) is 58.1. The molecule has 0 aromatic rings. The molecule has 87 heavy (non-hydrogen) atoms. The molecule has 0 aliphatic carbocycles. The Kier molecular flexibility index (Phi) is 59.0. The van der Waals surface area contributed by atoms with Crippen LogP contribution in [-0.4, -0.2) is 96.7 Å². The summed E-state index contributed by atoms with van der Waals surface area (Å²) in [5, 5.41) is 10.6. The fourth-order valence-corrected chi connectivity index (χ4v) is 11.8. The van der Waals surface area contributed by atoms with Gasteiger partial charge >= 0.3 is 39.5 Å². The minimum atomic E-state index is -4.95. The van der Waals surface area contributed by atoms with Gasteiger partial charge in [-0.3, -0.25) is 37.3 Å². The van der Waals surface area contributed by atoms with Gasteiger partial charge in [-0.05, 0) is 37.5 Å². The van der Waals surface area contributed by atoms with Crippen LogP contribution in [0.5, 0.6) is 0 Å². The Labute approximate surface area is 530 Å². The molecule has 0 aliphatic rings. The second-order valence-electron chi connectivity index (χ2n) is 25.3. The van der Waals surface area contributed by atoms with Gasteiger partial charge in [0.15, 0.2) is 12.2 Å². The summed E-state index contributed by atoms with van der Waals surface area (Å²) in [6.07, 6.45) is 44.3. The topological polar surface area (TPSA) is 237 Å². The van der Waals surface area contributed by atoms with Crippen molar-refractivity contribution in [3.8, 4) is 0 Å². The fourth-order valence-electron chi connectivity index (χ4n) is 10.2. The number of unbranched alkanes of at least 4 members (excludes halogenated alkanes) is 36. The Bertz CT molecular complexity index is 1700. The lowest BCUT2D eigenvalue weighted by atomic mass is 10.00. The van der Waals surface area contributed by atoms with Gasteiger partial charge in [0.1, 0.15) is 19.3 Å². The van der Waals surface area contributed by atoms with E-state index in [4.69, 9.17) is 37.0 Å². The predicted molar refractivity (Wildman–Crippen MR) is 349 cm³/mol. The Hall–Kier alpha value is -1.94. The van der Waals surface area contributed by atoms with E-state index in [2.05, 4.69) is 41.5 Å². The van der Waals surface area contributed by atoms with E-state index in [-0.39, 0.29) is 25.7 Å². The minimum absolute atomic E-state index is 0.106. The zero-order chi connectivity index (χ0) is 64.3. The average Bonchev–Trinajstić information content (AvgIpc) is 3.62. The normalized spacial score (nSPS) is 14.5. The number of esters is 4. The van der Waals surface area contributed by atoms with E-state index >= 15 is 0 Å². The summed E-state index contributed by atoms with van der Waals surface area (Å²) in [5.74, 6) is -0.643. The first kappa shape index (κ1) is 85.1. The van der Waals surface area contributed by atoms with Crippen LogP contribution in [0.4, 0.5) is 0 Å². The monoisotopic (exact) mass is 1280 g/mol. The highest BCUT2D eigenvalue weighted by molar-refractivity contribution is 7.47. The summed E-state index contributed by atoms with van der Waals surface area (Å²) in [7, 11) is -9.90. The highest BCUT2D eigenvalue weighted by Gasteiger charge is 2.30. The number of carbonyl (C=O) groups is 4. The van der Waals surface area contributed by atoms with Crippen LogP contribution in [0.15, 0.2) is 0 Å². The number of aliphatic hydroxyl groups excluding tert-OH is 1. The fraction of sp³-hybridized carbons (Fsp3) is 0.941. The average molecular weight is 1280 g/mol. The quantitative estimate of drug-likeness (QED) is 0.0222. The number of hydrogen-bond donors (Lipinski definition) is 3. The maximum atomic E-state index is 13.0. The van der Waals surface area contributed by atoms with Crippen molar-refractivity contribution in [3.63, 3.8) is 0 Å². The molecule has 3 unspecified atom stereocenters. The van der Waals surface area contributed by atoms with Crippen LogP contribution in [0.3, 0.4) is 0 Å². The third-order valence-electron chi connectivity index (χ3n) is 16.1. The number of ether oxygens (including phenoxy) is 4. The predicted octanol–water partition coefficient (Wildman–Crippen LogP) is 19.2. The third kappa shape index (κ3) is 61.3. The molecule has 0 aliphatic heterocycles. The van der Waals surface area contributed by atoms with Crippen LogP contribution < -0.4 is 0 Å². The van der Waals surface area contributed by atoms with E-state index in [9.17, 15) is 43.2 Å². The molecule has 0 radical (unpaired) electrons. The zero-order valence-electron chi connectivity index (χ0n) is 56.3. The van der Waals surface area contributed by atoms with Crippen molar-refractivity contribution in [3.05, 3.63) is 0 Å². The molecule has 0 amide bonds. The van der Waals surface area contributed by atoms with Gasteiger partial charge in [0.2, 0.25) is 0 Å². The molecule has 0 aromatic heterocycles. The van der Waals surface area contributed by atoms with E-state index in [0.717, 1.165) is 108 Å². The smallest absolute Gasteiger partial charge is 0.462 e. The van der Waals surface area contributed by atoms with Gasteiger partial charge in [-0.2, -0.15) is 0 Å². The lowest BCUT2D eigenvalue weighted by molar-refractivity contribution is -0.161. The largest absolute Gasteiger partial charge is 0.472 e. The molecule has 516 valence electrons. The number of aliphatic hydroxyl groups is 1. The second-order valence-corrected chi connectivity index (χ2v) is 28.2. The van der Waals surface area contributed by atoms with E-state index in [1.807, 2.05) is 0 Å². The molecule has 0 aromatic carbocycles. The van der Waals surface area contributed by atoms with Crippen molar-refractivity contribution in [1.82, 2.24) is 0 Å². The Balaban J connectivity index is 5.25. The summed E-state index contributed by atoms with van der Waals surface area (Å²) < 4.78 is 68.2. The van der Waals surface area contributed by atoms with E-state index in [1.165, 1.54) is 154 Å². The molecule has 0 heterocycles. The van der Waals surface area contributed by atoms with Gasteiger partial charge in [0.05, 0.1) is 26.4 Å². The molecule has 0 spiro atoms. The van der Waals surface area contributed by atoms with Gasteiger partial charge in [0.25, 0.3) is 0 Å². The molecule has 0 bridgehead atoms. The molecular formula is C68H132O17P2. The van der Waals surface area contributed by atoms with Gasteiger partial charge in [0, 0.05) is 25.7 Å². The number of carbonyl (C=O) groups excluding carboxylic acids is 4. The first-order chi connectivity index (χ1) is 41.9. The molecule has 19 heteroatoms. The van der Waals surface area contributed by atoms with Gasteiger partial charge < -0.3 is 33.8 Å². The molecule has 0 fully saturated rings. The number of hydrogen-bond acceptors (Lipinski definition) is 15. The van der Waals surface area contributed by atoms with Crippen molar-refractivity contribution in [2.75, 3.05) is 39.6 Å². The number of phosphoric acid groups is 2. The SMILES string of the molecule is CCCCCCCCCCCCCCCC(=O)OC[C@H](COP(=O)(O)OC[C@@H](O)COP(=O)(O)OC[C@@H](COC(=O)CCCCCCCCC(C)CC)OC(=O)CCCCCCCCCCCCC)OC(=O)CCCCCCCCCCCCC(C)C. The Morgan fingerprint density at radius 2 is 0.586 bits per heavy atom. The van der Waals surface area contributed by atoms with Crippen LogP contribution in [0, 0.1) is 11.8 Å². The van der Waals surface area contributed by atoms with Crippen molar-refractivity contribution in [2.24, 2.45) is 11.8 Å². The Morgan fingerprint density at radius 3 is 0.874 bits per heavy atom. The standard InChI is InChI=1S/C68H132O17P2/c1-7-10-12-14-16-18-20-21-23-27-31-38-44-50-65(70)78-56-63(84-68(73)53-47-41-33-29-25-24-26-30-36-42-48-60(4)5)58-82-86(74,75)80-54-62(69)55-81-87(76,77)83-59-64(57-79-66(71)51-45-39-35-34-37-43-49-61(6)9-3)85-67(72)52-46-40-32-28-22-19-17-15-13-11-8-2/h60-64,69H,7-59H2,1-6H3,(H,74,75)(H,76,77)/t61?,62-,63-,64-/m1/s1. The van der Waals surface area contributed by atoms with Crippen LogP contribution in [0.2, 0.25) is 0 Å². The lowest BCUT2D eigenvalue weighted by Gasteiger charge is -2.21. The third-order valence-corrected chi connectivity index (χ3v) is 18.0. The molecule has 3 N–H and O–H groups in total. The van der Waals surface area contributed by atoms with Crippen LogP contribution in [-0.2, 0) is 65.4 Å². The molecule has 6 atom stereocenters. The van der Waals surface area contributed by atoms with Gasteiger partial charge in [-0.25, -0.2) is 9.13 Å². The highest BCUT2D eigenvalue weighted by Crippen LogP contribution is 2.45. The first-order valence-corrected chi connectivity index (χ1v) is 38.5. The Morgan fingerprint density at radius 1 is 0.333 bits per heavy atom. The van der Waals surface area contributed by atoms with E-state index in [1.54, 1.807) is 0 Å². The van der Waals surface area contributed by atoms with Crippen molar-refractivity contribution < 1.29 is 80.2 Å². The van der Waals surface area contributed by atoms with Crippen molar-refractivity contribution in [2.45, 2.75) is 362 Å².